The molecule has 110 valence electrons. The summed E-state index contributed by atoms with van der Waals surface area (Å²) in [4.78, 5) is 16.6. The molecule has 21 heavy (non-hydrogen) atoms. The molecule has 0 aliphatic rings. The van der Waals surface area contributed by atoms with Crippen molar-refractivity contribution >= 4 is 23.1 Å². The molecule has 0 spiro atoms. The molecule has 0 saturated carbocycles. The van der Waals surface area contributed by atoms with Crippen molar-refractivity contribution in [1.82, 2.24) is 10.3 Å². The number of carbonyl (C=O) groups excluding carboxylic acids is 1. The number of rotatable bonds is 5. The van der Waals surface area contributed by atoms with E-state index in [1.54, 1.807) is 30.5 Å². The summed E-state index contributed by atoms with van der Waals surface area (Å²) in [6.45, 7) is 1.84. The van der Waals surface area contributed by atoms with Crippen molar-refractivity contribution in [3.05, 3.63) is 52.5 Å². The van der Waals surface area contributed by atoms with Crippen molar-refractivity contribution in [3.8, 4) is 0 Å². The third kappa shape index (κ3) is 3.57. The molecule has 0 saturated heterocycles. The molecule has 1 aromatic carbocycles. The number of aromatic nitrogens is 1. The monoisotopic (exact) mass is 304 g/mol. The first-order chi connectivity index (χ1) is 10.1. The van der Waals surface area contributed by atoms with Crippen LogP contribution in [0.4, 0.5) is 0 Å². The number of nitrogens with two attached hydrogens (primary N) is 1. The lowest BCUT2D eigenvalue weighted by molar-refractivity contribution is -0.121. The van der Waals surface area contributed by atoms with Gasteiger partial charge in [0.15, 0.2) is 5.84 Å². The second kappa shape index (κ2) is 6.85. The Labute approximate surface area is 126 Å². The lowest BCUT2D eigenvalue weighted by Crippen LogP contribution is -2.38. The van der Waals surface area contributed by atoms with Crippen molar-refractivity contribution in [2.45, 2.75) is 18.9 Å². The number of amidine groups is 1. The molecule has 1 heterocycles. The fourth-order valence-electron chi connectivity index (χ4n) is 1.97. The molecule has 2 atom stereocenters. The summed E-state index contributed by atoms with van der Waals surface area (Å²) >= 11 is 1.46. The molecule has 0 aliphatic heterocycles. The maximum atomic E-state index is 12.4. The summed E-state index contributed by atoms with van der Waals surface area (Å²) in [5.74, 6) is -1.32. The second-order valence-electron chi connectivity index (χ2n) is 4.47. The van der Waals surface area contributed by atoms with Crippen molar-refractivity contribution in [2.75, 3.05) is 0 Å². The Morgan fingerprint density at radius 2 is 2.14 bits per heavy atom. The highest BCUT2D eigenvalue weighted by molar-refractivity contribution is 7.09. The maximum absolute atomic E-state index is 12.4. The SMILES string of the molecule is CC(NC(=O)C(C(N)=NO)c1ccccc1)c1nccs1. The van der Waals surface area contributed by atoms with Crippen LogP contribution >= 0.6 is 11.3 Å². The van der Waals surface area contributed by atoms with E-state index in [0.29, 0.717) is 5.56 Å². The van der Waals surface area contributed by atoms with Crippen LogP contribution in [0.1, 0.15) is 29.5 Å². The fraction of sp³-hybridized carbons (Fsp3) is 0.214. The Balaban J connectivity index is 2.20. The number of thiazole rings is 1. The molecule has 0 aliphatic carbocycles. The van der Waals surface area contributed by atoms with Gasteiger partial charge in [-0.25, -0.2) is 4.98 Å². The number of amides is 1. The van der Waals surface area contributed by atoms with Crippen LogP contribution in [0, 0.1) is 0 Å². The number of oxime groups is 1. The van der Waals surface area contributed by atoms with E-state index < -0.39 is 5.92 Å². The van der Waals surface area contributed by atoms with Gasteiger partial charge in [-0.15, -0.1) is 11.3 Å². The van der Waals surface area contributed by atoms with Crippen LogP contribution in [0.15, 0.2) is 47.1 Å². The first kappa shape index (κ1) is 15.0. The number of benzene rings is 1. The van der Waals surface area contributed by atoms with Crippen LogP contribution in [-0.2, 0) is 4.79 Å². The van der Waals surface area contributed by atoms with E-state index in [1.807, 2.05) is 18.4 Å². The lowest BCUT2D eigenvalue weighted by atomic mass is 9.97. The third-order valence-corrected chi connectivity index (χ3v) is 3.95. The zero-order chi connectivity index (χ0) is 15.2. The molecule has 0 radical (unpaired) electrons. The van der Waals surface area contributed by atoms with E-state index in [9.17, 15) is 4.79 Å². The molecule has 6 nitrogen and oxygen atoms in total. The Morgan fingerprint density at radius 1 is 1.43 bits per heavy atom. The summed E-state index contributed by atoms with van der Waals surface area (Å²) < 4.78 is 0. The minimum absolute atomic E-state index is 0.148. The summed E-state index contributed by atoms with van der Waals surface area (Å²) in [5, 5.41) is 17.4. The van der Waals surface area contributed by atoms with Crippen molar-refractivity contribution in [1.29, 1.82) is 0 Å². The van der Waals surface area contributed by atoms with E-state index in [4.69, 9.17) is 10.9 Å². The van der Waals surface area contributed by atoms with Gasteiger partial charge in [0.05, 0.1) is 6.04 Å². The zero-order valence-electron chi connectivity index (χ0n) is 11.4. The molecule has 1 amide bonds. The van der Waals surface area contributed by atoms with Crippen molar-refractivity contribution < 1.29 is 10.0 Å². The van der Waals surface area contributed by atoms with Crippen LogP contribution in [0.3, 0.4) is 0 Å². The molecule has 2 rings (SSSR count). The first-order valence-corrected chi connectivity index (χ1v) is 7.23. The van der Waals surface area contributed by atoms with Gasteiger partial charge in [-0.05, 0) is 12.5 Å². The third-order valence-electron chi connectivity index (χ3n) is 2.99. The summed E-state index contributed by atoms with van der Waals surface area (Å²) in [6, 6.07) is 8.71. The molecule has 2 unspecified atom stereocenters. The molecule has 1 aromatic heterocycles. The maximum Gasteiger partial charge on any atom is 0.235 e. The van der Waals surface area contributed by atoms with Crippen LogP contribution in [0.2, 0.25) is 0 Å². The topological polar surface area (TPSA) is 101 Å². The smallest absolute Gasteiger partial charge is 0.235 e. The standard InChI is InChI=1S/C14H16N4O2S/c1-9(14-16-7-8-21-14)17-13(19)11(12(15)18-20)10-5-3-2-4-6-10/h2-9,11,20H,1H3,(H2,15,18)(H,17,19). The van der Waals surface area contributed by atoms with Gasteiger partial charge >= 0.3 is 0 Å². The predicted molar refractivity (Wildman–Crippen MR) is 81.3 cm³/mol. The van der Waals surface area contributed by atoms with Crippen LogP contribution < -0.4 is 11.1 Å². The van der Waals surface area contributed by atoms with E-state index in [2.05, 4.69) is 15.5 Å². The number of carbonyl (C=O) groups is 1. The highest BCUT2D eigenvalue weighted by Crippen LogP contribution is 2.20. The van der Waals surface area contributed by atoms with Crippen molar-refractivity contribution in [2.24, 2.45) is 10.9 Å². The zero-order valence-corrected chi connectivity index (χ0v) is 12.2. The minimum atomic E-state index is -0.835. The van der Waals surface area contributed by atoms with Gasteiger partial charge in [-0.3, -0.25) is 4.79 Å². The second-order valence-corrected chi connectivity index (χ2v) is 5.40. The number of nitrogens with zero attached hydrogens (tertiary/aromatic N) is 2. The Hall–Kier alpha value is -2.41. The first-order valence-electron chi connectivity index (χ1n) is 6.35. The van der Waals surface area contributed by atoms with Gasteiger partial charge in [0, 0.05) is 11.6 Å². The molecule has 0 bridgehead atoms. The molecule has 0 fully saturated rings. The van der Waals surface area contributed by atoms with Gasteiger partial charge in [0.25, 0.3) is 0 Å². The Kier molecular flexibility index (Phi) is 4.89. The number of hydrogen-bond acceptors (Lipinski definition) is 5. The lowest BCUT2D eigenvalue weighted by Gasteiger charge is -2.18. The summed E-state index contributed by atoms with van der Waals surface area (Å²) in [7, 11) is 0. The van der Waals surface area contributed by atoms with Crippen LogP contribution in [0.5, 0.6) is 0 Å². The van der Waals surface area contributed by atoms with E-state index >= 15 is 0 Å². The van der Waals surface area contributed by atoms with Gasteiger partial charge < -0.3 is 16.3 Å². The minimum Gasteiger partial charge on any atom is -0.409 e. The Morgan fingerprint density at radius 3 is 2.71 bits per heavy atom. The highest BCUT2D eigenvalue weighted by atomic mass is 32.1. The van der Waals surface area contributed by atoms with E-state index in [0.717, 1.165) is 5.01 Å². The average molecular weight is 304 g/mol. The van der Waals surface area contributed by atoms with Gasteiger partial charge in [0.2, 0.25) is 5.91 Å². The highest BCUT2D eigenvalue weighted by Gasteiger charge is 2.26. The van der Waals surface area contributed by atoms with Crippen molar-refractivity contribution in [3.63, 3.8) is 0 Å². The largest absolute Gasteiger partial charge is 0.409 e. The number of nitrogens with one attached hydrogen (secondary N) is 1. The summed E-state index contributed by atoms with van der Waals surface area (Å²) in [6.07, 6.45) is 1.68. The molecular weight excluding hydrogens is 288 g/mol. The molecule has 7 heteroatoms. The summed E-state index contributed by atoms with van der Waals surface area (Å²) in [5.41, 5.74) is 6.33. The normalized spacial score (nSPS) is 14.4. The van der Waals surface area contributed by atoms with Gasteiger partial charge in [-0.1, -0.05) is 35.5 Å². The van der Waals surface area contributed by atoms with Gasteiger partial charge in [0.1, 0.15) is 10.9 Å². The molecule has 4 N–H and O–H groups in total. The molecule has 2 aromatic rings. The Bertz CT molecular complexity index is 613. The van der Waals surface area contributed by atoms with E-state index in [1.165, 1.54) is 11.3 Å². The fourth-order valence-corrected chi connectivity index (χ4v) is 2.61. The molecular formula is C14H16N4O2S. The quantitative estimate of drug-likeness (QED) is 0.339. The predicted octanol–water partition coefficient (Wildman–Crippen LogP) is 1.85. The van der Waals surface area contributed by atoms with Gasteiger partial charge in [-0.2, -0.15) is 0 Å². The average Bonchev–Trinajstić information content (AvgIpc) is 3.02. The van der Waals surface area contributed by atoms with Crippen LogP contribution in [-0.4, -0.2) is 21.9 Å². The van der Waals surface area contributed by atoms with Crippen LogP contribution in [0.25, 0.3) is 0 Å². The number of hydrogen-bond donors (Lipinski definition) is 3. The van der Waals surface area contributed by atoms with E-state index in [-0.39, 0.29) is 17.8 Å².